The van der Waals surface area contributed by atoms with Gasteiger partial charge in [0.05, 0.1) is 19.3 Å². The number of alkyl halides is 2. The van der Waals surface area contributed by atoms with E-state index in [2.05, 4.69) is 16.9 Å². The maximum absolute atomic E-state index is 12.8. The van der Waals surface area contributed by atoms with Gasteiger partial charge in [0, 0.05) is 18.7 Å². The molecule has 1 fully saturated rings. The van der Waals surface area contributed by atoms with Crippen molar-refractivity contribution in [1.29, 1.82) is 0 Å². The van der Waals surface area contributed by atoms with E-state index in [4.69, 9.17) is 9.47 Å². The lowest BCUT2D eigenvalue weighted by atomic mass is 9.79. The molecule has 0 unspecified atom stereocenters. The molecule has 5 nitrogen and oxygen atoms in total. The van der Waals surface area contributed by atoms with Gasteiger partial charge in [-0.2, -0.15) is 8.78 Å². The maximum Gasteiger partial charge on any atom is 0.387 e. The average molecular weight is 403 g/mol. The number of rotatable bonds is 4. The molecule has 154 valence electrons. The van der Waals surface area contributed by atoms with E-state index < -0.39 is 6.61 Å². The Balaban J connectivity index is 1.45. The summed E-state index contributed by atoms with van der Waals surface area (Å²) in [6.45, 7) is -1.09. The lowest BCUT2D eigenvalue weighted by molar-refractivity contribution is -0.0935. The molecule has 1 saturated heterocycles. The summed E-state index contributed by atoms with van der Waals surface area (Å²) in [6, 6.07) is 11.9. The molecule has 2 aromatic carbocycles. The first-order chi connectivity index (χ1) is 14.0. The van der Waals surface area contributed by atoms with Crippen molar-refractivity contribution in [3.63, 3.8) is 0 Å². The second-order valence-electron chi connectivity index (χ2n) is 7.31. The molecule has 7 heteroatoms. The normalized spacial score (nSPS) is 17.9. The highest BCUT2D eigenvalue weighted by Crippen LogP contribution is 2.42. The molecule has 2 aliphatic rings. The van der Waals surface area contributed by atoms with Crippen molar-refractivity contribution in [2.45, 2.75) is 31.5 Å². The van der Waals surface area contributed by atoms with Crippen molar-refractivity contribution in [3.8, 4) is 11.5 Å². The van der Waals surface area contributed by atoms with Crippen LogP contribution in [0.25, 0.3) is 0 Å². The summed E-state index contributed by atoms with van der Waals surface area (Å²) in [5.41, 5.74) is 2.51. The number of hydrogen-bond acceptors (Lipinski definition) is 4. The minimum absolute atomic E-state index is 0.0387. The van der Waals surface area contributed by atoms with Gasteiger partial charge in [0.25, 0.3) is 5.91 Å². The van der Waals surface area contributed by atoms with E-state index in [1.165, 1.54) is 35.4 Å². The highest BCUT2D eigenvalue weighted by molar-refractivity contribution is 5.94. The number of likely N-dealkylation sites (tertiary alicyclic amines) is 1. The van der Waals surface area contributed by atoms with Crippen LogP contribution in [-0.2, 0) is 16.8 Å². The van der Waals surface area contributed by atoms with E-state index in [0.717, 1.165) is 12.2 Å². The molecule has 0 aromatic heterocycles. The third-order valence-electron chi connectivity index (χ3n) is 5.74. The number of benzene rings is 2. The first kappa shape index (κ1) is 19.6. The van der Waals surface area contributed by atoms with Crippen molar-refractivity contribution in [1.82, 2.24) is 4.90 Å². The van der Waals surface area contributed by atoms with Crippen LogP contribution in [0.5, 0.6) is 11.5 Å². The third-order valence-corrected chi connectivity index (χ3v) is 5.74. The van der Waals surface area contributed by atoms with Gasteiger partial charge in [-0.3, -0.25) is 4.79 Å². The second-order valence-corrected chi connectivity index (χ2v) is 7.31. The van der Waals surface area contributed by atoms with Crippen molar-refractivity contribution >= 4 is 5.91 Å². The van der Waals surface area contributed by atoms with Gasteiger partial charge in [-0.05, 0) is 66.8 Å². The minimum Gasteiger partial charge on any atom is -0.497 e. The predicted molar refractivity (Wildman–Crippen MR) is 103 cm³/mol. The Kier molecular flexibility index (Phi) is 5.41. The highest BCUT2D eigenvalue weighted by atomic mass is 19.3. The van der Waals surface area contributed by atoms with Crippen LogP contribution in [0, 0.1) is 0 Å². The summed E-state index contributed by atoms with van der Waals surface area (Å²) in [5, 5.41) is 0. The van der Waals surface area contributed by atoms with Crippen LogP contribution in [0.4, 0.5) is 8.78 Å². The fourth-order valence-corrected chi connectivity index (χ4v) is 4.23. The monoisotopic (exact) mass is 403 g/mol. The quantitative estimate of drug-likeness (QED) is 0.774. The summed E-state index contributed by atoms with van der Waals surface area (Å²) in [4.78, 5) is 14.6. The van der Waals surface area contributed by atoms with Gasteiger partial charge in [-0.25, -0.2) is 0 Å². The van der Waals surface area contributed by atoms with Crippen LogP contribution in [0.3, 0.4) is 0 Å². The smallest absolute Gasteiger partial charge is 0.387 e. The van der Waals surface area contributed by atoms with E-state index in [1.807, 2.05) is 6.07 Å². The van der Waals surface area contributed by atoms with Crippen LogP contribution in [0.2, 0.25) is 0 Å². The number of carbonyl (C=O) groups excluding carboxylic acids is 1. The van der Waals surface area contributed by atoms with Crippen LogP contribution >= 0.6 is 0 Å². The van der Waals surface area contributed by atoms with E-state index in [-0.39, 0.29) is 17.3 Å². The number of ether oxygens (including phenoxy) is 3. The molecule has 0 bridgehead atoms. The summed E-state index contributed by atoms with van der Waals surface area (Å²) in [7, 11) is 1.66. The summed E-state index contributed by atoms with van der Waals surface area (Å²) < 4.78 is 40.5. The zero-order chi connectivity index (χ0) is 20.4. The lowest BCUT2D eigenvalue weighted by Gasteiger charge is -2.45. The topological polar surface area (TPSA) is 48.0 Å². The summed E-state index contributed by atoms with van der Waals surface area (Å²) in [6.07, 6.45) is 2.28. The van der Waals surface area contributed by atoms with E-state index >= 15 is 0 Å². The molecule has 0 saturated carbocycles. The van der Waals surface area contributed by atoms with E-state index in [1.54, 1.807) is 12.0 Å². The van der Waals surface area contributed by atoms with Crippen LogP contribution in [0.15, 0.2) is 42.5 Å². The lowest BCUT2D eigenvalue weighted by Crippen LogP contribution is -2.48. The maximum atomic E-state index is 12.8. The summed E-state index contributed by atoms with van der Waals surface area (Å²) in [5.74, 6) is 0.763. The third kappa shape index (κ3) is 3.92. The van der Waals surface area contributed by atoms with E-state index in [0.29, 0.717) is 38.1 Å². The Morgan fingerprint density at radius 2 is 1.79 bits per heavy atom. The molecule has 0 radical (unpaired) electrons. The van der Waals surface area contributed by atoms with Gasteiger partial charge in [0.15, 0.2) is 0 Å². The molecule has 1 spiro atoms. The molecule has 0 atom stereocenters. The fraction of sp³-hybridized carbons (Fsp3) is 0.409. The number of carbonyl (C=O) groups is 1. The zero-order valence-corrected chi connectivity index (χ0v) is 16.2. The largest absolute Gasteiger partial charge is 0.497 e. The number of amides is 1. The number of methoxy groups -OCH3 is 1. The molecule has 2 aromatic rings. The highest BCUT2D eigenvalue weighted by Gasteiger charge is 2.41. The molecule has 2 heterocycles. The number of piperidine rings is 1. The molecule has 0 N–H and O–H groups in total. The Bertz CT molecular complexity index is 877. The van der Waals surface area contributed by atoms with Gasteiger partial charge in [0.2, 0.25) is 0 Å². The summed E-state index contributed by atoms with van der Waals surface area (Å²) >= 11 is 0. The van der Waals surface area contributed by atoms with Gasteiger partial charge < -0.3 is 19.1 Å². The first-order valence-electron chi connectivity index (χ1n) is 9.66. The molecular weight excluding hydrogens is 380 g/mol. The molecule has 29 heavy (non-hydrogen) atoms. The standard InChI is InChI=1S/C22H23F2NO4/c1-27-18-6-7-19-16(14-18)8-13-28-22(19)9-11-25(12-10-22)20(26)15-2-4-17(5-3-15)29-21(23)24/h2-7,14,21H,8-13H2,1H3. The second kappa shape index (κ2) is 7.99. The molecule has 4 rings (SSSR count). The Morgan fingerprint density at radius 3 is 2.45 bits per heavy atom. The first-order valence-corrected chi connectivity index (χ1v) is 9.66. The Morgan fingerprint density at radius 1 is 1.10 bits per heavy atom. The number of halogens is 2. The number of hydrogen-bond donors (Lipinski definition) is 0. The Hall–Kier alpha value is -2.67. The average Bonchev–Trinajstić information content (AvgIpc) is 2.74. The Labute approximate surface area is 168 Å². The van der Waals surface area contributed by atoms with E-state index in [9.17, 15) is 13.6 Å². The van der Waals surface area contributed by atoms with Crippen molar-refractivity contribution < 1.29 is 27.8 Å². The SMILES string of the molecule is COc1ccc2c(c1)CCOC21CCN(C(=O)c2ccc(OC(F)F)cc2)CC1. The van der Waals surface area contributed by atoms with Gasteiger partial charge >= 0.3 is 6.61 Å². The minimum atomic E-state index is -2.88. The number of nitrogens with zero attached hydrogens (tertiary/aromatic N) is 1. The molecule has 0 aliphatic carbocycles. The van der Waals surface area contributed by atoms with Crippen molar-refractivity contribution in [2.75, 3.05) is 26.8 Å². The predicted octanol–water partition coefficient (Wildman–Crippen LogP) is 4.00. The van der Waals surface area contributed by atoms with Gasteiger partial charge in [-0.15, -0.1) is 0 Å². The van der Waals surface area contributed by atoms with Crippen LogP contribution in [0.1, 0.15) is 34.3 Å². The van der Waals surface area contributed by atoms with Crippen molar-refractivity contribution in [3.05, 3.63) is 59.2 Å². The fourth-order valence-electron chi connectivity index (χ4n) is 4.23. The van der Waals surface area contributed by atoms with Crippen LogP contribution in [-0.4, -0.2) is 44.2 Å². The number of fused-ring (bicyclic) bond motifs is 2. The van der Waals surface area contributed by atoms with Crippen LogP contribution < -0.4 is 9.47 Å². The molecule has 2 aliphatic heterocycles. The van der Waals surface area contributed by atoms with Crippen molar-refractivity contribution in [2.24, 2.45) is 0 Å². The van der Waals surface area contributed by atoms with Gasteiger partial charge in [-0.1, -0.05) is 6.07 Å². The molecular formula is C22H23F2NO4. The van der Waals surface area contributed by atoms with Gasteiger partial charge in [0.1, 0.15) is 11.5 Å². The zero-order valence-electron chi connectivity index (χ0n) is 16.2. The molecule has 1 amide bonds.